The van der Waals surface area contributed by atoms with Crippen molar-refractivity contribution in [3.63, 3.8) is 0 Å². The average molecular weight is 263 g/mol. The zero-order chi connectivity index (χ0) is 12.6. The fourth-order valence-corrected chi connectivity index (χ4v) is 2.55. The van der Waals surface area contributed by atoms with Crippen LogP contribution in [0.3, 0.4) is 0 Å². The highest BCUT2D eigenvalue weighted by atomic mass is 35.5. The number of alkyl halides is 1. The second-order valence-electron chi connectivity index (χ2n) is 4.51. The Kier molecular flexibility index (Phi) is 3.29. The Balaban J connectivity index is 2.02. The number of hydroxylamine groups is 2. The second kappa shape index (κ2) is 4.44. The van der Waals surface area contributed by atoms with Gasteiger partial charge >= 0.3 is 5.97 Å². The van der Waals surface area contributed by atoms with E-state index in [0.29, 0.717) is 12.8 Å². The number of hydrogen-bond acceptors (Lipinski definition) is 5. The van der Waals surface area contributed by atoms with Crippen LogP contribution in [0.2, 0.25) is 0 Å². The molecule has 17 heavy (non-hydrogen) atoms. The molecule has 0 spiro atoms. The Hall–Kier alpha value is -0.850. The topological polar surface area (TPSA) is 78.9 Å². The molecule has 1 amide bonds. The number of carbonyl (C=O) groups excluding carboxylic acids is 2. The van der Waals surface area contributed by atoms with Crippen molar-refractivity contribution in [1.82, 2.24) is 10.4 Å². The molecule has 0 bridgehead atoms. The maximum Gasteiger partial charge on any atom is 0.341 e. The van der Waals surface area contributed by atoms with Crippen molar-refractivity contribution < 1.29 is 19.5 Å². The maximum absolute atomic E-state index is 11.9. The van der Waals surface area contributed by atoms with Crippen LogP contribution in [0.4, 0.5) is 0 Å². The Morgan fingerprint density at radius 2 is 2.18 bits per heavy atom. The van der Waals surface area contributed by atoms with E-state index in [2.05, 4.69) is 10.2 Å². The van der Waals surface area contributed by atoms with Crippen molar-refractivity contribution in [1.29, 1.82) is 0 Å². The lowest BCUT2D eigenvalue weighted by molar-refractivity contribution is -0.183. The molecule has 1 heterocycles. The van der Waals surface area contributed by atoms with Gasteiger partial charge in [-0.3, -0.25) is 4.79 Å². The zero-order valence-corrected chi connectivity index (χ0v) is 10.2. The minimum absolute atomic E-state index is 0.580. The third-order valence-corrected chi connectivity index (χ3v) is 3.66. The summed E-state index contributed by atoms with van der Waals surface area (Å²) in [7, 11) is 1.39. The van der Waals surface area contributed by atoms with Crippen LogP contribution in [0.5, 0.6) is 0 Å². The van der Waals surface area contributed by atoms with Crippen molar-refractivity contribution in [3.8, 4) is 0 Å². The van der Waals surface area contributed by atoms with Gasteiger partial charge in [-0.1, -0.05) is 11.6 Å². The largest absolute Gasteiger partial charge is 0.374 e. The Bertz CT molecular complexity index is 343. The van der Waals surface area contributed by atoms with E-state index < -0.39 is 29.0 Å². The van der Waals surface area contributed by atoms with E-state index in [-0.39, 0.29) is 0 Å². The summed E-state index contributed by atoms with van der Waals surface area (Å²) in [6, 6.07) is 0. The second-order valence-corrected chi connectivity index (χ2v) is 5.23. The van der Waals surface area contributed by atoms with Crippen molar-refractivity contribution in [2.75, 3.05) is 7.05 Å². The first kappa shape index (κ1) is 12.6. The first-order valence-corrected chi connectivity index (χ1v) is 5.94. The molecule has 1 aliphatic heterocycles. The number of hydrogen-bond donors (Lipinski definition) is 2. The third kappa shape index (κ3) is 2.38. The number of carbonyl (C=O) groups is 2. The molecule has 6 nitrogen and oxygen atoms in total. The monoisotopic (exact) mass is 262 g/mol. The zero-order valence-electron chi connectivity index (χ0n) is 9.48. The minimum atomic E-state index is -1.26. The number of halogens is 1. The predicted octanol–water partition coefficient (Wildman–Crippen LogP) is -0.0501. The summed E-state index contributed by atoms with van der Waals surface area (Å²) in [6.07, 6.45) is 1.98. The molecule has 96 valence electrons. The summed E-state index contributed by atoms with van der Waals surface area (Å²) in [6.45, 7) is 0. The molecule has 1 saturated carbocycles. The lowest BCUT2D eigenvalue weighted by Crippen LogP contribution is -2.48. The normalized spacial score (nSPS) is 32.5. The summed E-state index contributed by atoms with van der Waals surface area (Å²) >= 11 is 6.20. The number of aliphatic hydroxyl groups is 1. The molecule has 2 aliphatic rings. The van der Waals surface area contributed by atoms with Gasteiger partial charge in [-0.15, -0.1) is 5.06 Å². The molecular weight excluding hydrogens is 248 g/mol. The van der Waals surface area contributed by atoms with Gasteiger partial charge < -0.3 is 15.3 Å². The quantitative estimate of drug-likeness (QED) is 0.414. The summed E-state index contributed by atoms with van der Waals surface area (Å²) in [5, 5.41) is 13.2. The van der Waals surface area contributed by atoms with E-state index in [1.165, 1.54) is 7.05 Å². The van der Waals surface area contributed by atoms with E-state index in [4.69, 9.17) is 11.6 Å². The van der Waals surface area contributed by atoms with Crippen molar-refractivity contribution >= 4 is 23.5 Å². The third-order valence-electron chi connectivity index (χ3n) is 3.18. The molecule has 7 heteroatoms. The van der Waals surface area contributed by atoms with Crippen molar-refractivity contribution in [2.24, 2.45) is 5.92 Å². The summed E-state index contributed by atoms with van der Waals surface area (Å²) in [4.78, 5) is 27.1. The van der Waals surface area contributed by atoms with Gasteiger partial charge in [-0.05, 0) is 25.7 Å². The summed E-state index contributed by atoms with van der Waals surface area (Å²) in [5.74, 6) is -2.56. The molecule has 1 aliphatic carbocycles. The van der Waals surface area contributed by atoms with E-state index in [1.54, 1.807) is 0 Å². The van der Waals surface area contributed by atoms with Crippen LogP contribution in [0.15, 0.2) is 0 Å². The molecular formula is C10H15ClN2O4. The van der Waals surface area contributed by atoms with Crippen LogP contribution in [-0.4, -0.2) is 40.3 Å². The van der Waals surface area contributed by atoms with Crippen LogP contribution in [0.25, 0.3) is 0 Å². The van der Waals surface area contributed by atoms with Gasteiger partial charge in [0.2, 0.25) is 5.91 Å². The van der Waals surface area contributed by atoms with Crippen LogP contribution >= 0.6 is 11.6 Å². The molecule has 2 rings (SSSR count). The summed E-state index contributed by atoms with van der Waals surface area (Å²) in [5.41, 5.74) is 0. The van der Waals surface area contributed by atoms with E-state index in [9.17, 15) is 14.7 Å². The molecule has 2 fully saturated rings. The van der Waals surface area contributed by atoms with E-state index in [1.807, 2.05) is 0 Å². The Morgan fingerprint density at radius 1 is 1.59 bits per heavy atom. The highest BCUT2D eigenvalue weighted by Gasteiger charge is 2.47. The molecule has 0 aromatic rings. The fraction of sp³-hybridized carbons (Fsp3) is 0.800. The van der Waals surface area contributed by atoms with Gasteiger partial charge in [0.15, 0.2) is 12.1 Å². The van der Waals surface area contributed by atoms with Gasteiger partial charge in [-0.2, -0.15) is 0 Å². The lowest BCUT2D eigenvalue weighted by atomic mass is 10.1. The molecule has 0 aromatic heterocycles. The van der Waals surface area contributed by atoms with E-state index >= 15 is 0 Å². The van der Waals surface area contributed by atoms with Crippen molar-refractivity contribution in [2.45, 2.75) is 36.9 Å². The molecule has 2 atom stereocenters. The number of rotatable bonds is 2. The average Bonchev–Trinajstić information content (AvgIpc) is 2.73. The summed E-state index contributed by atoms with van der Waals surface area (Å²) < 4.78 is 0. The first-order chi connectivity index (χ1) is 7.93. The fourth-order valence-electron chi connectivity index (χ4n) is 2.19. The number of aliphatic hydroxyl groups excluding tert-OH is 1. The highest BCUT2D eigenvalue weighted by molar-refractivity contribution is 6.25. The van der Waals surface area contributed by atoms with Crippen molar-refractivity contribution in [3.05, 3.63) is 0 Å². The van der Waals surface area contributed by atoms with Crippen LogP contribution in [-0.2, 0) is 14.4 Å². The highest BCUT2D eigenvalue weighted by Crippen LogP contribution is 2.34. The molecule has 0 aromatic carbocycles. The van der Waals surface area contributed by atoms with E-state index in [0.717, 1.165) is 17.9 Å². The molecule has 1 saturated heterocycles. The van der Waals surface area contributed by atoms with Crippen LogP contribution in [0.1, 0.15) is 25.7 Å². The minimum Gasteiger partial charge on any atom is -0.374 e. The van der Waals surface area contributed by atoms with Gasteiger partial charge in [0.05, 0.1) is 0 Å². The van der Waals surface area contributed by atoms with Gasteiger partial charge in [0.25, 0.3) is 0 Å². The standard InChI is InChI=1S/C10H15ClN2O4/c1-13-8(15)6(9(16)17-13)7(14)12-10(11)4-2-3-5-10/h6,8,15H,2-5H2,1H3,(H,12,14). The number of amides is 1. The predicted molar refractivity (Wildman–Crippen MR) is 58.5 cm³/mol. The van der Waals surface area contributed by atoms with Gasteiger partial charge in [0, 0.05) is 7.05 Å². The first-order valence-electron chi connectivity index (χ1n) is 5.57. The van der Waals surface area contributed by atoms with Gasteiger partial charge in [-0.25, -0.2) is 4.79 Å². The molecule has 2 N–H and O–H groups in total. The van der Waals surface area contributed by atoms with Gasteiger partial charge in [0.1, 0.15) is 5.00 Å². The van der Waals surface area contributed by atoms with Crippen LogP contribution < -0.4 is 5.32 Å². The SMILES string of the molecule is CN1OC(=O)C(C(=O)NC2(Cl)CCCC2)C1O. The number of nitrogens with zero attached hydrogens (tertiary/aromatic N) is 1. The Labute approximate surface area is 104 Å². The maximum atomic E-state index is 11.9. The lowest BCUT2D eigenvalue weighted by Gasteiger charge is -2.24. The molecule has 0 radical (unpaired) electrons. The smallest absolute Gasteiger partial charge is 0.341 e. The Morgan fingerprint density at radius 3 is 2.65 bits per heavy atom. The van der Waals surface area contributed by atoms with Crippen LogP contribution in [0, 0.1) is 5.92 Å². The number of nitrogens with one attached hydrogen (secondary N) is 1. The molecule has 2 unspecified atom stereocenters.